The number of nitrogens with one attached hydrogen (secondary N) is 1. The molecule has 1 rings (SSSR count). The second-order valence-corrected chi connectivity index (χ2v) is 3.54. The van der Waals surface area contributed by atoms with Gasteiger partial charge in [-0.15, -0.1) is 0 Å². The highest BCUT2D eigenvalue weighted by atomic mass is 16.5. The molecule has 0 aliphatic heterocycles. The van der Waals surface area contributed by atoms with Crippen molar-refractivity contribution in [1.82, 2.24) is 4.98 Å². The lowest BCUT2D eigenvalue weighted by molar-refractivity contribution is 0.0600. The highest BCUT2D eigenvalue weighted by Crippen LogP contribution is 2.07. The summed E-state index contributed by atoms with van der Waals surface area (Å²) in [6, 6.07) is 3.24. The van der Waals surface area contributed by atoms with Crippen molar-refractivity contribution in [2.75, 3.05) is 38.8 Å². The molecule has 1 aromatic rings. The third kappa shape index (κ3) is 5.11. The van der Waals surface area contributed by atoms with Gasteiger partial charge in [0.25, 0.3) is 0 Å². The summed E-state index contributed by atoms with van der Waals surface area (Å²) in [5, 5.41) is 11.6. The molecule has 0 bridgehead atoms. The summed E-state index contributed by atoms with van der Waals surface area (Å²) in [5.74, 6) is 0.242. The van der Waals surface area contributed by atoms with E-state index < -0.39 is 0 Å². The van der Waals surface area contributed by atoms with Crippen molar-refractivity contribution < 1.29 is 19.4 Å². The zero-order valence-electron chi connectivity index (χ0n) is 10.4. The molecule has 6 nitrogen and oxygen atoms in total. The molecule has 0 aliphatic rings. The van der Waals surface area contributed by atoms with Crippen LogP contribution in [-0.4, -0.2) is 49.5 Å². The number of anilines is 1. The molecule has 0 fully saturated rings. The number of hydrogen-bond acceptors (Lipinski definition) is 6. The molecule has 0 aliphatic carbocycles. The van der Waals surface area contributed by atoms with Gasteiger partial charge in [0.05, 0.1) is 25.9 Å². The summed E-state index contributed by atoms with van der Waals surface area (Å²) in [7, 11) is 1.34. The van der Waals surface area contributed by atoms with E-state index in [0.29, 0.717) is 31.1 Å². The van der Waals surface area contributed by atoms with Gasteiger partial charge < -0.3 is 19.9 Å². The van der Waals surface area contributed by atoms with Crippen LogP contribution in [0, 0.1) is 0 Å². The number of carbonyl (C=O) groups excluding carboxylic acids is 1. The first-order chi connectivity index (χ1) is 8.77. The second-order valence-electron chi connectivity index (χ2n) is 3.54. The van der Waals surface area contributed by atoms with Gasteiger partial charge in [-0.25, -0.2) is 9.78 Å². The zero-order chi connectivity index (χ0) is 13.2. The third-order valence-electron chi connectivity index (χ3n) is 2.19. The number of carbonyl (C=O) groups is 1. The van der Waals surface area contributed by atoms with E-state index in [1.54, 1.807) is 18.3 Å². The fraction of sp³-hybridized carbons (Fsp3) is 0.500. The zero-order valence-corrected chi connectivity index (χ0v) is 10.4. The predicted molar refractivity (Wildman–Crippen MR) is 66.6 cm³/mol. The molecule has 0 amide bonds. The molecule has 0 unspecified atom stereocenters. The maximum Gasteiger partial charge on any atom is 0.338 e. The summed E-state index contributed by atoms with van der Waals surface area (Å²) in [6.45, 7) is 1.65. The molecule has 0 spiro atoms. The van der Waals surface area contributed by atoms with E-state index in [2.05, 4.69) is 15.0 Å². The van der Waals surface area contributed by atoms with E-state index in [0.717, 1.165) is 6.42 Å². The molecule has 0 atom stereocenters. The topological polar surface area (TPSA) is 80.7 Å². The lowest BCUT2D eigenvalue weighted by atomic mass is 10.2. The van der Waals surface area contributed by atoms with Gasteiger partial charge in [0.1, 0.15) is 5.82 Å². The van der Waals surface area contributed by atoms with Crippen LogP contribution in [-0.2, 0) is 9.47 Å². The van der Waals surface area contributed by atoms with Crippen LogP contribution in [0.3, 0.4) is 0 Å². The number of aliphatic hydroxyl groups excluding tert-OH is 1. The number of pyridine rings is 1. The minimum atomic E-state index is -0.383. The van der Waals surface area contributed by atoms with Crippen LogP contribution >= 0.6 is 0 Å². The maximum atomic E-state index is 11.3. The van der Waals surface area contributed by atoms with Crippen molar-refractivity contribution in [2.24, 2.45) is 0 Å². The average molecular weight is 254 g/mol. The first-order valence-electron chi connectivity index (χ1n) is 5.74. The first-order valence-corrected chi connectivity index (χ1v) is 5.74. The minimum absolute atomic E-state index is 0.0379. The van der Waals surface area contributed by atoms with Crippen molar-refractivity contribution in [3.05, 3.63) is 23.9 Å². The summed E-state index contributed by atoms with van der Waals surface area (Å²) in [4.78, 5) is 15.4. The number of hydrogen-bond donors (Lipinski definition) is 2. The minimum Gasteiger partial charge on any atom is -0.465 e. The Balaban J connectivity index is 2.32. The van der Waals surface area contributed by atoms with Gasteiger partial charge in [-0.3, -0.25) is 0 Å². The largest absolute Gasteiger partial charge is 0.465 e. The lowest BCUT2D eigenvalue weighted by Crippen LogP contribution is -2.09. The van der Waals surface area contributed by atoms with Crippen LogP contribution in [0.4, 0.5) is 5.82 Å². The number of aliphatic hydroxyl groups is 1. The van der Waals surface area contributed by atoms with E-state index in [9.17, 15) is 4.79 Å². The number of aromatic nitrogens is 1. The first kappa shape index (κ1) is 14.4. The van der Waals surface area contributed by atoms with Gasteiger partial charge in [-0.05, 0) is 18.6 Å². The highest BCUT2D eigenvalue weighted by molar-refractivity contribution is 5.89. The van der Waals surface area contributed by atoms with Gasteiger partial charge >= 0.3 is 5.97 Å². The van der Waals surface area contributed by atoms with Crippen LogP contribution < -0.4 is 5.32 Å². The van der Waals surface area contributed by atoms with Crippen molar-refractivity contribution in [3.63, 3.8) is 0 Å². The molecule has 0 saturated heterocycles. The molecule has 1 heterocycles. The molecule has 6 heteroatoms. The molecular weight excluding hydrogens is 236 g/mol. The second kappa shape index (κ2) is 8.43. The predicted octanol–water partition coefficient (Wildman–Crippen LogP) is 0.679. The Hall–Kier alpha value is -1.66. The number of rotatable bonds is 8. The Labute approximate surface area is 106 Å². The number of methoxy groups -OCH3 is 1. The molecular formula is C12H18N2O4. The van der Waals surface area contributed by atoms with E-state index in [1.807, 2.05) is 0 Å². The maximum absolute atomic E-state index is 11.3. The van der Waals surface area contributed by atoms with Gasteiger partial charge in [0.15, 0.2) is 0 Å². The standard InChI is InChI=1S/C12H18N2O4/c1-17-12(16)10-3-5-14-11(9-10)13-4-2-7-18-8-6-15/h3,5,9,15H,2,4,6-8H2,1H3,(H,13,14). The molecule has 1 aromatic heterocycles. The molecule has 100 valence electrons. The quantitative estimate of drug-likeness (QED) is 0.524. The molecule has 0 aromatic carbocycles. The normalized spacial score (nSPS) is 10.1. The van der Waals surface area contributed by atoms with Crippen molar-refractivity contribution >= 4 is 11.8 Å². The third-order valence-corrected chi connectivity index (χ3v) is 2.19. The molecule has 0 radical (unpaired) electrons. The molecule has 2 N–H and O–H groups in total. The van der Waals surface area contributed by atoms with E-state index in [4.69, 9.17) is 9.84 Å². The van der Waals surface area contributed by atoms with Crippen molar-refractivity contribution in [2.45, 2.75) is 6.42 Å². The van der Waals surface area contributed by atoms with Crippen molar-refractivity contribution in [3.8, 4) is 0 Å². The monoisotopic (exact) mass is 254 g/mol. The van der Waals surface area contributed by atoms with Crippen LogP contribution in [0.15, 0.2) is 18.3 Å². The Morgan fingerprint density at radius 1 is 1.50 bits per heavy atom. The Bertz CT molecular complexity index is 371. The fourth-order valence-corrected chi connectivity index (χ4v) is 1.33. The number of nitrogens with zero attached hydrogens (tertiary/aromatic N) is 1. The van der Waals surface area contributed by atoms with Gasteiger partial charge in [0, 0.05) is 19.3 Å². The fourth-order valence-electron chi connectivity index (χ4n) is 1.33. The SMILES string of the molecule is COC(=O)c1ccnc(NCCCOCCO)c1. The lowest BCUT2D eigenvalue weighted by Gasteiger charge is -2.07. The Morgan fingerprint density at radius 3 is 3.06 bits per heavy atom. The smallest absolute Gasteiger partial charge is 0.338 e. The van der Waals surface area contributed by atoms with Crippen molar-refractivity contribution in [1.29, 1.82) is 0 Å². The van der Waals surface area contributed by atoms with Crippen LogP contribution in [0.5, 0.6) is 0 Å². The molecule has 0 saturated carbocycles. The Morgan fingerprint density at radius 2 is 2.33 bits per heavy atom. The Kier molecular flexibility index (Phi) is 6.75. The van der Waals surface area contributed by atoms with Gasteiger partial charge in [-0.2, -0.15) is 0 Å². The summed E-state index contributed by atoms with van der Waals surface area (Å²) in [5.41, 5.74) is 0.464. The van der Waals surface area contributed by atoms with Crippen LogP contribution in [0.2, 0.25) is 0 Å². The number of ether oxygens (including phenoxy) is 2. The number of esters is 1. The average Bonchev–Trinajstić information content (AvgIpc) is 2.42. The molecule has 18 heavy (non-hydrogen) atoms. The van der Waals surface area contributed by atoms with E-state index in [1.165, 1.54) is 7.11 Å². The van der Waals surface area contributed by atoms with Gasteiger partial charge in [-0.1, -0.05) is 0 Å². The summed E-state index contributed by atoms with van der Waals surface area (Å²) in [6.07, 6.45) is 2.35. The van der Waals surface area contributed by atoms with Crippen LogP contribution in [0.25, 0.3) is 0 Å². The van der Waals surface area contributed by atoms with E-state index >= 15 is 0 Å². The van der Waals surface area contributed by atoms with E-state index in [-0.39, 0.29) is 12.6 Å². The summed E-state index contributed by atoms with van der Waals surface area (Å²) >= 11 is 0. The van der Waals surface area contributed by atoms with Crippen LogP contribution in [0.1, 0.15) is 16.8 Å². The van der Waals surface area contributed by atoms with Gasteiger partial charge in [0.2, 0.25) is 0 Å². The highest BCUT2D eigenvalue weighted by Gasteiger charge is 2.05. The summed E-state index contributed by atoms with van der Waals surface area (Å²) < 4.78 is 9.74.